The molecule has 0 N–H and O–H groups in total. The smallest absolute Gasteiger partial charge is 0.254 e. The molecule has 0 aliphatic carbocycles. The van der Waals surface area contributed by atoms with E-state index in [1.165, 1.54) is 0 Å². The van der Waals surface area contributed by atoms with Gasteiger partial charge in [0, 0.05) is 24.5 Å². The second kappa shape index (κ2) is 6.65. The Balaban J connectivity index is 1.76. The summed E-state index contributed by atoms with van der Waals surface area (Å²) < 4.78 is 5.77. The van der Waals surface area contributed by atoms with Gasteiger partial charge >= 0.3 is 0 Å². The summed E-state index contributed by atoms with van der Waals surface area (Å²) in [5.74, 6) is -0.0178. The number of amides is 1. The van der Waals surface area contributed by atoms with E-state index < -0.39 is 0 Å². The molecule has 2 heterocycles. The number of benzene rings is 1. The second-order valence-electron chi connectivity index (χ2n) is 5.02. The molecule has 1 unspecified atom stereocenters. The molecule has 1 aromatic heterocycles. The minimum Gasteiger partial charge on any atom is -0.370 e. The lowest BCUT2D eigenvalue weighted by Gasteiger charge is -2.33. The number of nitrogens with zero attached hydrogens (tertiary/aromatic N) is 2. The second-order valence-corrected chi connectivity index (χ2v) is 5.83. The summed E-state index contributed by atoms with van der Waals surface area (Å²) in [5, 5.41) is 0.992. The normalized spacial score (nSPS) is 18.3. The molecule has 1 amide bonds. The molecule has 0 bridgehead atoms. The maximum absolute atomic E-state index is 12.5. The first-order valence-corrected chi connectivity index (χ1v) is 7.66. The Bertz CT molecular complexity index is 679. The molecule has 4 nitrogen and oxygen atoms in total. The molecule has 2 aromatic rings. The van der Waals surface area contributed by atoms with Crippen LogP contribution in [0.15, 0.2) is 42.7 Å². The first-order chi connectivity index (χ1) is 10.6. The van der Waals surface area contributed by atoms with Crippen LogP contribution in [-0.2, 0) is 4.74 Å². The van der Waals surface area contributed by atoms with Crippen molar-refractivity contribution in [3.05, 3.63) is 63.9 Å². The van der Waals surface area contributed by atoms with Crippen LogP contribution in [0.25, 0.3) is 0 Å². The van der Waals surface area contributed by atoms with Crippen LogP contribution in [0.3, 0.4) is 0 Å². The van der Waals surface area contributed by atoms with Crippen molar-refractivity contribution < 1.29 is 9.53 Å². The first-order valence-electron chi connectivity index (χ1n) is 6.91. The highest BCUT2D eigenvalue weighted by Gasteiger charge is 2.26. The maximum atomic E-state index is 12.5. The summed E-state index contributed by atoms with van der Waals surface area (Å²) in [7, 11) is 0. The van der Waals surface area contributed by atoms with Crippen LogP contribution >= 0.6 is 23.2 Å². The van der Waals surface area contributed by atoms with Crippen molar-refractivity contribution in [1.29, 1.82) is 0 Å². The molecular weight excluding hydrogens is 323 g/mol. The molecule has 22 heavy (non-hydrogen) atoms. The number of halogens is 2. The molecule has 1 saturated heterocycles. The van der Waals surface area contributed by atoms with Gasteiger partial charge in [-0.1, -0.05) is 29.3 Å². The SMILES string of the molecule is O=C(c1ccncc1)N1CCOC(c2ccc(Cl)c(Cl)c2)C1. The van der Waals surface area contributed by atoms with Crippen LogP contribution in [0, 0.1) is 0 Å². The fourth-order valence-electron chi connectivity index (χ4n) is 2.43. The summed E-state index contributed by atoms with van der Waals surface area (Å²) >= 11 is 12.0. The standard InChI is InChI=1S/C16H14Cl2N2O2/c17-13-2-1-12(9-14(13)18)15-10-20(7-8-22-15)16(21)11-3-5-19-6-4-11/h1-6,9,15H,7-8,10H2. The van der Waals surface area contributed by atoms with Crippen LogP contribution in [0.2, 0.25) is 10.0 Å². The van der Waals surface area contributed by atoms with Gasteiger partial charge in [0.1, 0.15) is 6.10 Å². The number of hydrogen-bond donors (Lipinski definition) is 0. The van der Waals surface area contributed by atoms with Gasteiger partial charge in [-0.05, 0) is 29.8 Å². The number of aromatic nitrogens is 1. The highest BCUT2D eigenvalue weighted by atomic mass is 35.5. The first kappa shape index (κ1) is 15.3. The number of pyridine rings is 1. The number of carbonyl (C=O) groups is 1. The minimum atomic E-state index is -0.200. The van der Waals surface area contributed by atoms with Gasteiger partial charge < -0.3 is 9.64 Å². The Morgan fingerprint density at radius 2 is 1.95 bits per heavy atom. The van der Waals surface area contributed by atoms with Gasteiger partial charge in [-0.2, -0.15) is 0 Å². The summed E-state index contributed by atoms with van der Waals surface area (Å²) in [6.07, 6.45) is 3.03. The van der Waals surface area contributed by atoms with Crippen LogP contribution in [0.1, 0.15) is 22.0 Å². The van der Waals surface area contributed by atoms with Crippen LogP contribution in [-0.4, -0.2) is 35.5 Å². The number of morpholine rings is 1. The average molecular weight is 337 g/mol. The number of carbonyl (C=O) groups excluding carboxylic acids is 1. The van der Waals surface area contributed by atoms with E-state index in [4.69, 9.17) is 27.9 Å². The van der Waals surface area contributed by atoms with Crippen molar-refractivity contribution in [2.75, 3.05) is 19.7 Å². The van der Waals surface area contributed by atoms with Crippen LogP contribution < -0.4 is 0 Å². The highest BCUT2D eigenvalue weighted by Crippen LogP contribution is 2.29. The monoisotopic (exact) mass is 336 g/mol. The molecule has 0 radical (unpaired) electrons. The topological polar surface area (TPSA) is 42.4 Å². The number of ether oxygens (including phenoxy) is 1. The zero-order valence-corrected chi connectivity index (χ0v) is 13.2. The fraction of sp³-hybridized carbons (Fsp3) is 0.250. The predicted octanol–water partition coefficient (Wildman–Crippen LogP) is 3.60. The fourth-order valence-corrected chi connectivity index (χ4v) is 2.73. The number of hydrogen-bond acceptors (Lipinski definition) is 3. The molecule has 1 fully saturated rings. The molecule has 3 rings (SSSR count). The van der Waals surface area contributed by atoms with E-state index in [0.29, 0.717) is 35.3 Å². The Morgan fingerprint density at radius 3 is 2.68 bits per heavy atom. The summed E-state index contributed by atoms with van der Waals surface area (Å²) in [5.41, 5.74) is 1.55. The van der Waals surface area contributed by atoms with Gasteiger partial charge in [0.25, 0.3) is 5.91 Å². The van der Waals surface area contributed by atoms with E-state index in [2.05, 4.69) is 4.98 Å². The van der Waals surface area contributed by atoms with Gasteiger partial charge in [0.2, 0.25) is 0 Å². The van der Waals surface area contributed by atoms with E-state index in [0.717, 1.165) is 5.56 Å². The van der Waals surface area contributed by atoms with Crippen molar-refractivity contribution >= 4 is 29.1 Å². The van der Waals surface area contributed by atoms with Gasteiger partial charge in [0.05, 0.1) is 23.2 Å². The lowest BCUT2D eigenvalue weighted by atomic mass is 10.1. The highest BCUT2D eigenvalue weighted by molar-refractivity contribution is 6.42. The Labute approximate surface area is 138 Å². The third-order valence-electron chi connectivity index (χ3n) is 3.60. The summed E-state index contributed by atoms with van der Waals surface area (Å²) in [6, 6.07) is 8.83. The maximum Gasteiger partial charge on any atom is 0.254 e. The Kier molecular flexibility index (Phi) is 4.62. The van der Waals surface area contributed by atoms with Crippen molar-refractivity contribution in [2.45, 2.75) is 6.10 Å². The molecule has 1 atom stereocenters. The molecule has 114 valence electrons. The quantitative estimate of drug-likeness (QED) is 0.841. The van der Waals surface area contributed by atoms with Gasteiger partial charge in [-0.3, -0.25) is 9.78 Å². The molecule has 1 aliphatic heterocycles. The Hall–Kier alpha value is -1.62. The molecule has 6 heteroatoms. The van der Waals surface area contributed by atoms with E-state index in [-0.39, 0.29) is 12.0 Å². The van der Waals surface area contributed by atoms with Gasteiger partial charge in [0.15, 0.2) is 0 Å². The zero-order chi connectivity index (χ0) is 15.5. The van der Waals surface area contributed by atoms with E-state index in [9.17, 15) is 4.79 Å². The van der Waals surface area contributed by atoms with E-state index in [1.807, 2.05) is 6.07 Å². The third-order valence-corrected chi connectivity index (χ3v) is 4.34. The average Bonchev–Trinajstić information content (AvgIpc) is 2.57. The molecule has 1 aliphatic rings. The van der Waals surface area contributed by atoms with Gasteiger partial charge in [-0.15, -0.1) is 0 Å². The third kappa shape index (κ3) is 3.24. The lowest BCUT2D eigenvalue weighted by molar-refractivity contribution is -0.0228. The summed E-state index contributed by atoms with van der Waals surface area (Å²) in [6.45, 7) is 1.54. The van der Waals surface area contributed by atoms with E-state index >= 15 is 0 Å². The van der Waals surface area contributed by atoms with Crippen LogP contribution in [0.4, 0.5) is 0 Å². The van der Waals surface area contributed by atoms with Crippen molar-refractivity contribution in [3.63, 3.8) is 0 Å². The van der Waals surface area contributed by atoms with Crippen molar-refractivity contribution in [2.24, 2.45) is 0 Å². The van der Waals surface area contributed by atoms with Crippen LogP contribution in [0.5, 0.6) is 0 Å². The van der Waals surface area contributed by atoms with Gasteiger partial charge in [-0.25, -0.2) is 0 Å². The minimum absolute atomic E-state index is 0.0178. The Morgan fingerprint density at radius 1 is 1.18 bits per heavy atom. The summed E-state index contributed by atoms with van der Waals surface area (Å²) in [4.78, 5) is 18.2. The van der Waals surface area contributed by atoms with E-state index in [1.54, 1.807) is 41.6 Å². The predicted molar refractivity (Wildman–Crippen MR) is 85.3 cm³/mol. The molecule has 0 spiro atoms. The number of rotatable bonds is 2. The molecule has 0 saturated carbocycles. The van der Waals surface area contributed by atoms with Crippen molar-refractivity contribution in [1.82, 2.24) is 9.88 Å². The lowest BCUT2D eigenvalue weighted by Crippen LogP contribution is -2.42. The molecular formula is C16H14Cl2N2O2. The molecule has 1 aromatic carbocycles. The van der Waals surface area contributed by atoms with Crippen molar-refractivity contribution in [3.8, 4) is 0 Å². The zero-order valence-electron chi connectivity index (χ0n) is 11.7. The largest absolute Gasteiger partial charge is 0.370 e.